The highest BCUT2D eigenvalue weighted by Crippen LogP contribution is 2.45. The van der Waals surface area contributed by atoms with Crippen molar-refractivity contribution in [3.05, 3.63) is 23.7 Å². The molecule has 0 aromatic carbocycles. The minimum Gasteiger partial charge on any atom is -0.390 e. The standard InChI is InChI=1S/C28H38N6O4S/c1-15-20(25-33-21-16(2)29-12-7-19(21)39-25)24(34-26(31-15)30-14-27(37)8-3-4-9-27)32-18-13-17(22(35)23(18)36)28(38)10-5-6-11-28/h7,12,17-18,22-23,35-38H,3-6,8-11,13-14H2,1-2H3,(H2,30,31,32,34)/t17-,18+,22+,23-/m0/s1. The molecule has 0 unspecified atom stereocenters. The summed E-state index contributed by atoms with van der Waals surface area (Å²) in [4.78, 5) is 18.8. The average Bonchev–Trinajstić information content (AvgIpc) is 3.69. The maximum absolute atomic E-state index is 11.2. The van der Waals surface area contributed by atoms with Crippen molar-refractivity contribution in [1.82, 2.24) is 19.9 Å². The second-order valence-corrected chi connectivity index (χ2v) is 12.8. The smallest absolute Gasteiger partial charge is 0.225 e. The third-order valence-electron chi connectivity index (χ3n) is 9.07. The van der Waals surface area contributed by atoms with Crippen molar-refractivity contribution < 1.29 is 20.4 Å². The van der Waals surface area contributed by atoms with Crippen LogP contribution in [0.15, 0.2) is 12.3 Å². The fourth-order valence-electron chi connectivity index (χ4n) is 6.80. The Hall–Kier alpha value is -2.44. The van der Waals surface area contributed by atoms with E-state index in [2.05, 4.69) is 15.6 Å². The first kappa shape index (κ1) is 26.8. The van der Waals surface area contributed by atoms with Gasteiger partial charge in [0.1, 0.15) is 22.4 Å². The lowest BCUT2D eigenvalue weighted by Gasteiger charge is -2.32. The quantitative estimate of drug-likeness (QED) is 0.256. The molecule has 0 radical (unpaired) electrons. The van der Waals surface area contributed by atoms with Crippen molar-refractivity contribution >= 4 is 33.3 Å². The number of thiazole rings is 1. The van der Waals surface area contributed by atoms with Gasteiger partial charge in [0, 0.05) is 18.7 Å². The lowest BCUT2D eigenvalue weighted by Crippen LogP contribution is -2.42. The van der Waals surface area contributed by atoms with Gasteiger partial charge in [0.25, 0.3) is 0 Å². The number of pyridine rings is 1. The zero-order valence-electron chi connectivity index (χ0n) is 22.5. The molecule has 4 atom stereocenters. The molecule has 0 bridgehead atoms. The summed E-state index contributed by atoms with van der Waals surface area (Å²) in [7, 11) is 0. The molecule has 10 nitrogen and oxygen atoms in total. The molecule has 39 heavy (non-hydrogen) atoms. The summed E-state index contributed by atoms with van der Waals surface area (Å²) in [6.45, 7) is 4.19. The van der Waals surface area contributed by atoms with Gasteiger partial charge < -0.3 is 31.1 Å². The number of aliphatic hydroxyl groups excluding tert-OH is 2. The third-order valence-corrected chi connectivity index (χ3v) is 10.1. The first-order valence-corrected chi connectivity index (χ1v) is 14.9. The molecule has 11 heteroatoms. The zero-order valence-corrected chi connectivity index (χ0v) is 23.3. The van der Waals surface area contributed by atoms with E-state index in [0.717, 1.165) is 65.0 Å². The van der Waals surface area contributed by atoms with Crippen molar-refractivity contribution in [3.8, 4) is 10.6 Å². The van der Waals surface area contributed by atoms with Crippen LogP contribution in [0.2, 0.25) is 0 Å². The second-order valence-electron chi connectivity index (χ2n) is 11.8. The maximum atomic E-state index is 11.2. The lowest BCUT2D eigenvalue weighted by molar-refractivity contribution is -0.0763. The van der Waals surface area contributed by atoms with E-state index in [9.17, 15) is 20.4 Å². The van der Waals surface area contributed by atoms with Crippen LogP contribution in [-0.2, 0) is 0 Å². The Balaban J connectivity index is 1.35. The zero-order chi connectivity index (χ0) is 27.4. The summed E-state index contributed by atoms with van der Waals surface area (Å²) in [5, 5.41) is 51.5. The minimum absolute atomic E-state index is 0.358. The van der Waals surface area contributed by atoms with Gasteiger partial charge >= 0.3 is 0 Å². The van der Waals surface area contributed by atoms with Crippen LogP contribution in [0.25, 0.3) is 20.8 Å². The van der Waals surface area contributed by atoms with E-state index < -0.39 is 35.4 Å². The van der Waals surface area contributed by atoms with Crippen molar-refractivity contribution in [2.45, 2.75) is 101 Å². The van der Waals surface area contributed by atoms with Crippen molar-refractivity contribution in [2.24, 2.45) is 5.92 Å². The molecule has 210 valence electrons. The fourth-order valence-corrected chi connectivity index (χ4v) is 7.91. The van der Waals surface area contributed by atoms with Crippen molar-refractivity contribution in [3.63, 3.8) is 0 Å². The SMILES string of the molecule is Cc1nc(NCC2(O)CCCC2)nc(N[C@@H]2C[C@H](C3(O)CCCC3)[C@@H](O)[C@H]2O)c1-c1nc2c(C)nccc2s1. The number of aromatic nitrogens is 4. The van der Waals surface area contributed by atoms with Gasteiger partial charge in [0.05, 0.1) is 45.0 Å². The van der Waals surface area contributed by atoms with E-state index >= 15 is 0 Å². The predicted octanol–water partition coefficient (Wildman–Crippen LogP) is 3.31. The number of hydrogen-bond acceptors (Lipinski definition) is 11. The Morgan fingerprint density at radius 1 is 0.949 bits per heavy atom. The fraction of sp³-hybridized carbons (Fsp3) is 0.643. The Bertz CT molecular complexity index is 1350. The molecule has 0 spiro atoms. The number of fused-ring (bicyclic) bond motifs is 1. The molecule has 3 aromatic rings. The molecule has 6 rings (SSSR count). The Morgan fingerprint density at radius 2 is 1.67 bits per heavy atom. The Kier molecular flexibility index (Phi) is 6.99. The van der Waals surface area contributed by atoms with E-state index in [1.807, 2.05) is 19.9 Å². The number of anilines is 2. The molecule has 3 fully saturated rings. The average molecular weight is 555 g/mol. The molecule has 0 saturated heterocycles. The van der Waals surface area contributed by atoms with Crippen LogP contribution < -0.4 is 10.6 Å². The first-order valence-electron chi connectivity index (χ1n) is 14.1. The molecule has 3 aliphatic rings. The number of nitrogens with one attached hydrogen (secondary N) is 2. The number of aliphatic hydroxyl groups is 4. The summed E-state index contributed by atoms with van der Waals surface area (Å²) < 4.78 is 1.01. The summed E-state index contributed by atoms with van der Waals surface area (Å²) >= 11 is 1.53. The van der Waals surface area contributed by atoms with Gasteiger partial charge in [-0.1, -0.05) is 25.7 Å². The van der Waals surface area contributed by atoms with Crippen LogP contribution in [0.1, 0.15) is 69.2 Å². The second kappa shape index (κ2) is 10.2. The van der Waals surface area contributed by atoms with Crippen molar-refractivity contribution in [1.29, 1.82) is 0 Å². The van der Waals surface area contributed by atoms with Crippen LogP contribution in [0.4, 0.5) is 11.8 Å². The number of nitrogens with zero attached hydrogens (tertiary/aromatic N) is 4. The largest absolute Gasteiger partial charge is 0.390 e. The minimum atomic E-state index is -1.06. The molecule has 3 saturated carbocycles. The van der Waals surface area contributed by atoms with Gasteiger partial charge in [-0.2, -0.15) is 4.98 Å². The Labute approximate surface area is 232 Å². The summed E-state index contributed by atoms with van der Waals surface area (Å²) in [5.41, 5.74) is 1.38. The molecule has 0 amide bonds. The van der Waals surface area contributed by atoms with Gasteiger partial charge in [-0.15, -0.1) is 11.3 Å². The molecule has 3 aromatic heterocycles. The van der Waals surface area contributed by atoms with Gasteiger partial charge in [0.2, 0.25) is 5.95 Å². The van der Waals surface area contributed by atoms with Crippen molar-refractivity contribution in [2.75, 3.05) is 17.2 Å². The lowest BCUT2D eigenvalue weighted by atomic mass is 9.83. The van der Waals surface area contributed by atoms with Gasteiger partial charge in [-0.3, -0.25) is 4.98 Å². The third kappa shape index (κ3) is 4.99. The van der Waals surface area contributed by atoms with Crippen LogP contribution in [0.5, 0.6) is 0 Å². The maximum Gasteiger partial charge on any atom is 0.225 e. The number of rotatable bonds is 7. The van der Waals surface area contributed by atoms with Crippen LogP contribution in [0.3, 0.4) is 0 Å². The van der Waals surface area contributed by atoms with E-state index in [1.165, 1.54) is 11.3 Å². The molecule has 6 N–H and O–H groups in total. The van der Waals surface area contributed by atoms with E-state index in [1.54, 1.807) is 6.20 Å². The number of hydrogen-bond donors (Lipinski definition) is 6. The van der Waals surface area contributed by atoms with E-state index in [-0.39, 0.29) is 0 Å². The predicted molar refractivity (Wildman–Crippen MR) is 151 cm³/mol. The topological polar surface area (TPSA) is 157 Å². The number of aryl methyl sites for hydroxylation is 2. The summed E-state index contributed by atoms with van der Waals surface area (Å²) in [5.74, 6) is 0.477. The molecule has 3 aliphatic carbocycles. The van der Waals surface area contributed by atoms with Crippen LogP contribution in [-0.4, -0.2) is 76.4 Å². The molecule has 0 aliphatic heterocycles. The van der Waals surface area contributed by atoms with Gasteiger partial charge in [0.15, 0.2) is 0 Å². The highest BCUT2D eigenvalue weighted by Gasteiger charge is 2.52. The molecular weight excluding hydrogens is 516 g/mol. The van der Waals surface area contributed by atoms with E-state index in [0.29, 0.717) is 43.3 Å². The molecular formula is C28H38N6O4S. The normalized spacial score (nSPS) is 27.8. The first-order chi connectivity index (χ1) is 18.7. The monoisotopic (exact) mass is 554 g/mol. The van der Waals surface area contributed by atoms with E-state index in [4.69, 9.17) is 15.0 Å². The summed E-state index contributed by atoms with van der Waals surface area (Å²) in [6.07, 6.45) is 6.75. The van der Waals surface area contributed by atoms with Gasteiger partial charge in [-0.05, 0) is 52.0 Å². The van der Waals surface area contributed by atoms with Gasteiger partial charge in [-0.25, -0.2) is 9.97 Å². The summed E-state index contributed by atoms with van der Waals surface area (Å²) in [6, 6.07) is 1.43. The van der Waals surface area contributed by atoms with Crippen LogP contribution >= 0.6 is 11.3 Å². The highest BCUT2D eigenvalue weighted by atomic mass is 32.1. The highest BCUT2D eigenvalue weighted by molar-refractivity contribution is 7.21. The Morgan fingerprint density at radius 3 is 2.38 bits per heavy atom. The molecule has 3 heterocycles. The van der Waals surface area contributed by atoms with Crippen LogP contribution in [0, 0.1) is 19.8 Å².